The first-order chi connectivity index (χ1) is 15.4. The van der Waals surface area contributed by atoms with Gasteiger partial charge in [0.05, 0.1) is 11.3 Å². The van der Waals surface area contributed by atoms with E-state index in [0.29, 0.717) is 37.7 Å². The first-order valence-electron chi connectivity index (χ1n) is 11.3. The van der Waals surface area contributed by atoms with E-state index < -0.39 is 5.41 Å². The van der Waals surface area contributed by atoms with Crippen molar-refractivity contribution in [2.75, 3.05) is 26.7 Å². The monoisotopic (exact) mass is 436 g/mol. The minimum Gasteiger partial charge on any atom is -0.303 e. The van der Waals surface area contributed by atoms with Crippen LogP contribution in [0, 0.1) is 17.2 Å². The lowest BCUT2D eigenvalue weighted by Crippen LogP contribution is -2.47. The van der Waals surface area contributed by atoms with Crippen molar-refractivity contribution < 1.29 is 18.8 Å². The number of likely N-dealkylation sites (tertiary alicyclic amines) is 2. The van der Waals surface area contributed by atoms with Crippen molar-refractivity contribution in [2.45, 2.75) is 32.1 Å². The minimum absolute atomic E-state index is 0.0135. The summed E-state index contributed by atoms with van der Waals surface area (Å²) in [6.07, 6.45) is 3.02. The molecule has 0 aliphatic carbocycles. The van der Waals surface area contributed by atoms with Crippen LogP contribution in [0.15, 0.2) is 54.6 Å². The van der Waals surface area contributed by atoms with E-state index in [0.717, 1.165) is 25.2 Å². The molecule has 2 aliphatic rings. The van der Waals surface area contributed by atoms with E-state index in [-0.39, 0.29) is 29.3 Å². The molecule has 5 nitrogen and oxygen atoms in total. The molecule has 2 heterocycles. The van der Waals surface area contributed by atoms with Gasteiger partial charge in [-0.05, 0) is 75.1 Å². The number of rotatable bonds is 7. The second-order valence-electron chi connectivity index (χ2n) is 8.98. The van der Waals surface area contributed by atoms with Crippen LogP contribution in [0.25, 0.3) is 0 Å². The summed E-state index contributed by atoms with van der Waals surface area (Å²) in [6.45, 7) is 2.25. The fourth-order valence-corrected chi connectivity index (χ4v) is 5.17. The highest BCUT2D eigenvalue weighted by atomic mass is 19.1. The summed E-state index contributed by atoms with van der Waals surface area (Å²) >= 11 is 0. The molecule has 0 saturated carbocycles. The molecule has 2 aromatic carbocycles. The summed E-state index contributed by atoms with van der Waals surface area (Å²) in [6, 6.07) is 15.6. The van der Waals surface area contributed by atoms with Crippen molar-refractivity contribution in [2.24, 2.45) is 11.3 Å². The van der Waals surface area contributed by atoms with Gasteiger partial charge in [-0.15, -0.1) is 0 Å². The molecule has 2 fully saturated rings. The van der Waals surface area contributed by atoms with Crippen LogP contribution >= 0.6 is 0 Å². The zero-order valence-corrected chi connectivity index (χ0v) is 18.4. The third kappa shape index (κ3) is 4.37. The first-order valence-corrected chi connectivity index (χ1v) is 11.3. The first kappa shape index (κ1) is 22.3. The predicted octanol–water partition coefficient (Wildman–Crippen LogP) is 3.73. The van der Waals surface area contributed by atoms with E-state index in [9.17, 15) is 18.8 Å². The summed E-state index contributed by atoms with van der Waals surface area (Å²) in [5.41, 5.74) is 0.989. The molecule has 0 aromatic heterocycles. The Morgan fingerprint density at radius 2 is 1.69 bits per heavy atom. The summed E-state index contributed by atoms with van der Waals surface area (Å²) in [5, 5.41) is 0. The Morgan fingerprint density at radius 1 is 1.03 bits per heavy atom. The van der Waals surface area contributed by atoms with E-state index in [2.05, 4.69) is 4.90 Å². The molecule has 6 heteroatoms. The van der Waals surface area contributed by atoms with Gasteiger partial charge in [-0.3, -0.25) is 19.3 Å². The molecule has 1 unspecified atom stereocenters. The maximum absolute atomic E-state index is 13.1. The summed E-state index contributed by atoms with van der Waals surface area (Å²) in [5.74, 6) is -0.768. The van der Waals surface area contributed by atoms with Crippen molar-refractivity contribution in [3.63, 3.8) is 0 Å². The van der Waals surface area contributed by atoms with Crippen molar-refractivity contribution >= 4 is 17.6 Å². The Labute approximate surface area is 188 Å². The number of imide groups is 1. The van der Waals surface area contributed by atoms with Crippen molar-refractivity contribution in [1.82, 2.24) is 9.80 Å². The number of ketones is 1. The SMILES string of the molecule is CN1C(=O)C(Cc2ccccc2)C2(CCN(CCCC(=O)c3ccc(F)cc3)CC2)C1=O. The van der Waals surface area contributed by atoms with Crippen LogP contribution in [0.3, 0.4) is 0 Å². The average molecular weight is 437 g/mol. The number of hydrogen-bond donors (Lipinski definition) is 0. The molecular formula is C26H29FN2O3. The van der Waals surface area contributed by atoms with Gasteiger partial charge in [0.1, 0.15) is 5.82 Å². The molecule has 2 amide bonds. The van der Waals surface area contributed by atoms with Crippen LogP contribution in [0.5, 0.6) is 0 Å². The largest absolute Gasteiger partial charge is 0.303 e. The van der Waals surface area contributed by atoms with E-state index in [1.165, 1.54) is 29.2 Å². The fraction of sp³-hybridized carbons (Fsp3) is 0.423. The Hall–Kier alpha value is -2.86. The Bertz CT molecular complexity index is 982. The van der Waals surface area contributed by atoms with Crippen molar-refractivity contribution in [1.29, 1.82) is 0 Å². The minimum atomic E-state index is -0.623. The molecule has 1 spiro atoms. The lowest BCUT2D eigenvalue weighted by Gasteiger charge is -2.40. The van der Waals surface area contributed by atoms with Crippen LogP contribution in [0.4, 0.5) is 4.39 Å². The fourth-order valence-electron chi connectivity index (χ4n) is 5.17. The predicted molar refractivity (Wildman–Crippen MR) is 119 cm³/mol. The molecule has 0 bridgehead atoms. The van der Waals surface area contributed by atoms with Crippen LogP contribution in [-0.4, -0.2) is 54.1 Å². The molecule has 0 N–H and O–H groups in total. The van der Waals surface area contributed by atoms with E-state index in [1.807, 2.05) is 30.3 Å². The van der Waals surface area contributed by atoms with Crippen LogP contribution in [0.1, 0.15) is 41.6 Å². The molecule has 2 aromatic rings. The van der Waals surface area contributed by atoms with Gasteiger partial charge in [0.15, 0.2) is 5.78 Å². The van der Waals surface area contributed by atoms with Gasteiger partial charge in [-0.2, -0.15) is 0 Å². The highest BCUT2D eigenvalue weighted by molar-refractivity contribution is 6.07. The van der Waals surface area contributed by atoms with Crippen molar-refractivity contribution in [3.8, 4) is 0 Å². The number of nitrogens with zero attached hydrogens (tertiary/aromatic N) is 2. The summed E-state index contributed by atoms with van der Waals surface area (Å²) in [7, 11) is 1.60. The van der Waals surface area contributed by atoms with Gasteiger partial charge in [0.2, 0.25) is 11.8 Å². The Balaban J connectivity index is 1.34. The Kier molecular flexibility index (Phi) is 6.51. The lowest BCUT2D eigenvalue weighted by atomic mass is 9.68. The molecular weight excluding hydrogens is 407 g/mol. The molecule has 168 valence electrons. The number of hydrogen-bond acceptors (Lipinski definition) is 4. The van der Waals surface area contributed by atoms with E-state index in [1.54, 1.807) is 7.05 Å². The maximum atomic E-state index is 13.1. The van der Waals surface area contributed by atoms with E-state index >= 15 is 0 Å². The van der Waals surface area contributed by atoms with Gasteiger partial charge >= 0.3 is 0 Å². The number of benzene rings is 2. The van der Waals surface area contributed by atoms with Crippen LogP contribution < -0.4 is 0 Å². The number of piperidine rings is 1. The number of carbonyl (C=O) groups is 3. The normalized spacial score (nSPS) is 20.8. The molecule has 0 radical (unpaired) electrons. The number of Topliss-reactive ketones (excluding diaryl/α,β-unsaturated/α-hetero) is 1. The van der Waals surface area contributed by atoms with E-state index in [4.69, 9.17) is 0 Å². The Morgan fingerprint density at radius 3 is 2.34 bits per heavy atom. The second-order valence-corrected chi connectivity index (χ2v) is 8.98. The number of amides is 2. The van der Waals surface area contributed by atoms with Crippen LogP contribution in [-0.2, 0) is 16.0 Å². The molecule has 2 saturated heterocycles. The van der Waals surface area contributed by atoms with Gasteiger partial charge in [0, 0.05) is 19.0 Å². The lowest BCUT2D eigenvalue weighted by molar-refractivity contribution is -0.141. The number of halogens is 1. The topological polar surface area (TPSA) is 57.7 Å². The third-order valence-electron chi connectivity index (χ3n) is 7.10. The highest BCUT2D eigenvalue weighted by Crippen LogP contribution is 2.47. The zero-order chi connectivity index (χ0) is 22.7. The third-order valence-corrected chi connectivity index (χ3v) is 7.10. The molecule has 32 heavy (non-hydrogen) atoms. The second kappa shape index (κ2) is 9.33. The molecule has 4 rings (SSSR count). The summed E-state index contributed by atoms with van der Waals surface area (Å²) < 4.78 is 13.0. The smallest absolute Gasteiger partial charge is 0.236 e. The maximum Gasteiger partial charge on any atom is 0.236 e. The quantitative estimate of drug-likeness (QED) is 0.490. The molecule has 2 aliphatic heterocycles. The van der Waals surface area contributed by atoms with Crippen molar-refractivity contribution in [3.05, 3.63) is 71.5 Å². The van der Waals surface area contributed by atoms with Crippen LogP contribution in [0.2, 0.25) is 0 Å². The summed E-state index contributed by atoms with van der Waals surface area (Å²) in [4.78, 5) is 41.9. The molecule has 1 atom stereocenters. The number of carbonyl (C=O) groups excluding carboxylic acids is 3. The highest BCUT2D eigenvalue weighted by Gasteiger charge is 2.58. The van der Waals surface area contributed by atoms with Gasteiger partial charge in [-0.1, -0.05) is 30.3 Å². The van der Waals surface area contributed by atoms with Gasteiger partial charge in [0.25, 0.3) is 0 Å². The van der Waals surface area contributed by atoms with Gasteiger partial charge in [-0.25, -0.2) is 4.39 Å². The zero-order valence-electron chi connectivity index (χ0n) is 18.4. The standard InChI is InChI=1S/C26H29FN2O3/c1-28-24(31)22(18-19-6-3-2-4-7-19)26(25(28)32)13-16-29(17-14-26)15-5-8-23(30)20-9-11-21(27)12-10-20/h2-4,6-7,9-12,22H,5,8,13-18H2,1H3. The van der Waals surface area contributed by atoms with Gasteiger partial charge < -0.3 is 4.90 Å². The average Bonchev–Trinajstić information content (AvgIpc) is 2.98.